The molecule has 0 aromatic heterocycles. The molecule has 1 aliphatic heterocycles. The van der Waals surface area contributed by atoms with Crippen molar-refractivity contribution in [3.63, 3.8) is 0 Å². The Morgan fingerprint density at radius 1 is 0.804 bits per heavy atom. The average Bonchev–Trinajstić information content (AvgIpc) is 3.39. The van der Waals surface area contributed by atoms with Crippen LogP contribution in [0, 0.1) is 29.6 Å². The predicted octanol–water partition coefficient (Wildman–Crippen LogP) is 0.215. The fourth-order valence-corrected chi connectivity index (χ4v) is 5.95. The molecule has 1 aliphatic carbocycles. The maximum atomic E-state index is 13.0. The van der Waals surface area contributed by atoms with E-state index in [0.717, 1.165) is 5.56 Å². The Morgan fingerprint density at radius 3 is 2.06 bits per heavy atom. The van der Waals surface area contributed by atoms with Gasteiger partial charge in [-0.2, -0.15) is 0 Å². The summed E-state index contributed by atoms with van der Waals surface area (Å²) in [5.74, 6) is -3.56. The fraction of sp³-hybridized carbons (Fsp3) is 0.611. The van der Waals surface area contributed by atoms with Crippen molar-refractivity contribution in [2.75, 3.05) is 39.5 Å². The third kappa shape index (κ3) is 13.5. The van der Waals surface area contributed by atoms with Crippen LogP contribution in [0.5, 0.6) is 0 Å². The van der Waals surface area contributed by atoms with Crippen LogP contribution in [-0.4, -0.2) is 97.6 Å². The quantitative estimate of drug-likeness (QED) is 0.0754. The largest absolute Gasteiger partial charge is 0.353 e. The highest BCUT2D eigenvalue weighted by Crippen LogP contribution is 2.33. The number of Topliss-reactive ketones (excluding diaryl/α,β-unsaturated/α-hetero) is 1. The van der Waals surface area contributed by atoms with Gasteiger partial charge in [-0.1, -0.05) is 58.0 Å². The normalized spacial score (nSPS) is 19.4. The topological polar surface area (TPSA) is 209 Å². The van der Waals surface area contributed by atoms with Gasteiger partial charge in [0.25, 0.3) is 0 Å². The van der Waals surface area contributed by atoms with Crippen LogP contribution in [0.4, 0.5) is 0 Å². The van der Waals surface area contributed by atoms with Gasteiger partial charge in [-0.25, -0.2) is 0 Å². The summed E-state index contributed by atoms with van der Waals surface area (Å²) in [5, 5.41) is 12.6. The van der Waals surface area contributed by atoms with Gasteiger partial charge in [-0.05, 0) is 43.1 Å². The first-order valence-electron chi connectivity index (χ1n) is 17.6. The molecule has 15 nitrogen and oxygen atoms in total. The third-order valence-corrected chi connectivity index (χ3v) is 9.23. The van der Waals surface area contributed by atoms with Crippen LogP contribution in [-0.2, 0) is 49.5 Å². The molecule has 15 heteroatoms. The monoisotopic (exact) mass is 712 g/mol. The van der Waals surface area contributed by atoms with Crippen molar-refractivity contribution >= 4 is 47.1 Å². The third-order valence-electron chi connectivity index (χ3n) is 9.23. The molecule has 2 aliphatic rings. The molecule has 2 fully saturated rings. The zero-order valence-corrected chi connectivity index (χ0v) is 30.0. The van der Waals surface area contributed by atoms with Crippen LogP contribution < -0.4 is 26.6 Å². The molecule has 1 saturated heterocycles. The van der Waals surface area contributed by atoms with Gasteiger partial charge in [-0.3, -0.25) is 43.3 Å². The van der Waals surface area contributed by atoms with E-state index in [1.165, 1.54) is 4.90 Å². The van der Waals surface area contributed by atoms with E-state index in [0.29, 0.717) is 32.2 Å². The number of ether oxygens (including phenoxy) is 1. The minimum absolute atomic E-state index is 0.105. The number of benzene rings is 1. The molecule has 0 spiro atoms. The van der Waals surface area contributed by atoms with E-state index >= 15 is 0 Å². The number of nitrogens with zero attached hydrogens (tertiary/aromatic N) is 1. The van der Waals surface area contributed by atoms with Crippen LogP contribution >= 0.6 is 0 Å². The Morgan fingerprint density at radius 2 is 1.43 bits per heavy atom. The highest BCUT2D eigenvalue weighted by atomic mass is 16.5. The van der Waals surface area contributed by atoms with Crippen LogP contribution in [0.15, 0.2) is 30.3 Å². The summed E-state index contributed by atoms with van der Waals surface area (Å²) in [6.45, 7) is 6.20. The Bertz CT molecular complexity index is 1410. The summed E-state index contributed by atoms with van der Waals surface area (Å²) in [6.07, 6.45) is 2.89. The first-order valence-corrected chi connectivity index (χ1v) is 17.6. The molecule has 1 aromatic carbocycles. The first-order chi connectivity index (χ1) is 24.2. The van der Waals surface area contributed by atoms with Gasteiger partial charge < -0.3 is 31.3 Å². The lowest BCUT2D eigenvalue weighted by Crippen LogP contribution is -2.52. The lowest BCUT2D eigenvalue weighted by Gasteiger charge is -2.30. The predicted molar refractivity (Wildman–Crippen MR) is 185 cm³/mol. The molecule has 1 unspecified atom stereocenters. The van der Waals surface area contributed by atoms with E-state index in [9.17, 15) is 38.4 Å². The SMILES string of the molecule is CC(C)C(=O)COCNC(=O)CNC(=O)[C@H](Cc1ccccc1)NC(=O)CNC(=O)CNC(=O)C1CCC(CN2C(=O)CC(C(C)C)C2=O)CC1. The Kier molecular flexibility index (Phi) is 16.2. The number of rotatable bonds is 19. The number of ketones is 1. The molecule has 1 aromatic rings. The van der Waals surface area contributed by atoms with E-state index in [2.05, 4.69) is 26.6 Å². The second-order valence-corrected chi connectivity index (χ2v) is 13.9. The second-order valence-electron chi connectivity index (χ2n) is 13.9. The van der Waals surface area contributed by atoms with E-state index in [1.807, 2.05) is 13.8 Å². The summed E-state index contributed by atoms with van der Waals surface area (Å²) in [4.78, 5) is 101. The average molecular weight is 713 g/mol. The Hall–Kier alpha value is -4.66. The molecule has 5 N–H and O–H groups in total. The number of imide groups is 1. The van der Waals surface area contributed by atoms with Crippen molar-refractivity contribution in [2.45, 2.75) is 72.3 Å². The minimum Gasteiger partial charge on any atom is -0.353 e. The summed E-state index contributed by atoms with van der Waals surface area (Å²) >= 11 is 0. The summed E-state index contributed by atoms with van der Waals surface area (Å²) in [6, 6.07) is 7.88. The molecule has 51 heavy (non-hydrogen) atoms. The lowest BCUT2D eigenvalue weighted by atomic mass is 9.81. The van der Waals surface area contributed by atoms with Crippen LogP contribution in [0.25, 0.3) is 0 Å². The first kappa shape index (κ1) is 40.8. The van der Waals surface area contributed by atoms with Crippen molar-refractivity contribution in [2.24, 2.45) is 29.6 Å². The van der Waals surface area contributed by atoms with Gasteiger partial charge in [0.2, 0.25) is 41.4 Å². The van der Waals surface area contributed by atoms with Crippen molar-refractivity contribution in [1.29, 1.82) is 0 Å². The molecule has 280 valence electrons. The molecule has 3 rings (SSSR count). The zero-order valence-electron chi connectivity index (χ0n) is 30.0. The summed E-state index contributed by atoms with van der Waals surface area (Å²) in [5.41, 5.74) is 0.754. The van der Waals surface area contributed by atoms with Crippen molar-refractivity contribution in [1.82, 2.24) is 31.5 Å². The van der Waals surface area contributed by atoms with E-state index in [-0.39, 0.29) is 85.8 Å². The molecule has 1 heterocycles. The van der Waals surface area contributed by atoms with E-state index in [1.54, 1.807) is 44.2 Å². The zero-order chi connectivity index (χ0) is 37.5. The van der Waals surface area contributed by atoms with E-state index in [4.69, 9.17) is 4.74 Å². The molecular formula is C36H52N6O9. The molecule has 2 atom stereocenters. The maximum Gasteiger partial charge on any atom is 0.243 e. The molecule has 0 radical (unpaired) electrons. The van der Waals surface area contributed by atoms with Gasteiger partial charge in [0.15, 0.2) is 5.78 Å². The van der Waals surface area contributed by atoms with Crippen molar-refractivity contribution < 1.29 is 43.1 Å². The van der Waals surface area contributed by atoms with Crippen LogP contribution in [0.1, 0.15) is 65.4 Å². The van der Waals surface area contributed by atoms with Gasteiger partial charge in [0.05, 0.1) is 19.6 Å². The Labute approximate surface area is 298 Å². The van der Waals surface area contributed by atoms with Crippen LogP contribution in [0.3, 0.4) is 0 Å². The van der Waals surface area contributed by atoms with Gasteiger partial charge in [0.1, 0.15) is 19.4 Å². The number of nitrogens with one attached hydrogen (secondary N) is 5. The van der Waals surface area contributed by atoms with Crippen molar-refractivity contribution in [3.8, 4) is 0 Å². The number of carbonyl (C=O) groups is 8. The van der Waals surface area contributed by atoms with Gasteiger partial charge in [-0.15, -0.1) is 0 Å². The number of hydrogen-bond donors (Lipinski definition) is 5. The standard InChI is InChI=1S/C36H52N6O9/c1-22(2)27-15-33(47)42(36(27)50)19-25-10-12-26(13-11-25)34(48)38-16-30(44)37-18-32(46)41-28(14-24-8-6-5-7-9-24)35(49)39-17-31(45)40-21-51-20-29(43)23(3)4/h5-9,22-23,25-28H,10-21H2,1-4H3,(H,37,44)(H,38,48)(H,39,49)(H,40,45)(H,41,46)/t25?,26?,27?,28-/m0/s1. The van der Waals surface area contributed by atoms with Gasteiger partial charge in [0, 0.05) is 37.1 Å². The molecule has 0 bridgehead atoms. The molecular weight excluding hydrogens is 660 g/mol. The molecule has 1 saturated carbocycles. The second kappa shape index (κ2) is 20.3. The molecule has 7 amide bonds. The minimum atomic E-state index is -1.06. The van der Waals surface area contributed by atoms with E-state index < -0.39 is 42.8 Å². The fourth-order valence-electron chi connectivity index (χ4n) is 5.95. The number of hydrogen-bond acceptors (Lipinski definition) is 9. The lowest BCUT2D eigenvalue weighted by molar-refractivity contribution is -0.141. The number of amides is 7. The smallest absolute Gasteiger partial charge is 0.243 e. The van der Waals surface area contributed by atoms with Crippen LogP contribution in [0.2, 0.25) is 0 Å². The Balaban J connectivity index is 1.38. The summed E-state index contributed by atoms with van der Waals surface area (Å²) in [7, 11) is 0. The van der Waals surface area contributed by atoms with Gasteiger partial charge >= 0.3 is 0 Å². The van der Waals surface area contributed by atoms with Crippen molar-refractivity contribution in [3.05, 3.63) is 35.9 Å². The number of carbonyl (C=O) groups excluding carboxylic acids is 8. The highest BCUT2D eigenvalue weighted by molar-refractivity contribution is 6.03. The maximum absolute atomic E-state index is 13.0. The summed E-state index contributed by atoms with van der Waals surface area (Å²) < 4.78 is 5.13. The highest BCUT2D eigenvalue weighted by Gasteiger charge is 2.41. The number of likely N-dealkylation sites (tertiary alicyclic amines) is 1.